The molecule has 0 radical (unpaired) electrons. The van der Waals surface area contributed by atoms with Gasteiger partial charge in [-0.05, 0) is 44.1 Å². The standard InChI is InChI=1S/C25H26N4O4S/c1-32-21-11-16(12-22(33-2)23(21)30)24(31)26-19-8-4-3-7-18(19)20-14-29-17(15-34-25(29)27-20)13-28-9-5-6-10-28/h3-4,7-8,11-12,14-15,30H,5-6,9-10,13H2,1-2H3,(H,26,31). The van der Waals surface area contributed by atoms with Crippen molar-refractivity contribution in [2.45, 2.75) is 19.4 Å². The molecule has 3 heterocycles. The number of methoxy groups -OCH3 is 2. The molecule has 2 N–H and O–H groups in total. The summed E-state index contributed by atoms with van der Waals surface area (Å²) in [5, 5.41) is 15.3. The van der Waals surface area contributed by atoms with Gasteiger partial charge in [-0.1, -0.05) is 18.2 Å². The van der Waals surface area contributed by atoms with E-state index in [0.29, 0.717) is 11.3 Å². The monoisotopic (exact) mass is 478 g/mol. The zero-order valence-corrected chi connectivity index (χ0v) is 19.9. The number of ether oxygens (including phenoxy) is 2. The molecule has 0 aliphatic carbocycles. The first-order valence-corrected chi connectivity index (χ1v) is 12.0. The van der Waals surface area contributed by atoms with Gasteiger partial charge in [0.05, 0.1) is 25.6 Å². The van der Waals surface area contributed by atoms with Gasteiger partial charge in [0.2, 0.25) is 5.75 Å². The molecule has 8 nitrogen and oxygen atoms in total. The van der Waals surface area contributed by atoms with Gasteiger partial charge < -0.3 is 19.9 Å². The summed E-state index contributed by atoms with van der Waals surface area (Å²) >= 11 is 1.63. The highest BCUT2D eigenvalue weighted by molar-refractivity contribution is 7.15. The van der Waals surface area contributed by atoms with Gasteiger partial charge in [0, 0.05) is 34.9 Å². The Morgan fingerprint density at radius 2 is 1.85 bits per heavy atom. The first-order chi connectivity index (χ1) is 16.6. The number of benzene rings is 2. The lowest BCUT2D eigenvalue weighted by Crippen LogP contribution is -2.19. The summed E-state index contributed by atoms with van der Waals surface area (Å²) in [4.78, 5) is 21.3. The van der Waals surface area contributed by atoms with E-state index in [1.165, 1.54) is 44.9 Å². The number of phenols is 1. The molecule has 176 valence electrons. The number of nitrogens with one attached hydrogen (secondary N) is 1. The highest BCUT2D eigenvalue weighted by Gasteiger charge is 2.19. The maximum Gasteiger partial charge on any atom is 0.255 e. The molecule has 2 aromatic carbocycles. The molecule has 0 bridgehead atoms. The minimum atomic E-state index is -0.347. The Morgan fingerprint density at radius 3 is 2.56 bits per heavy atom. The molecule has 1 saturated heterocycles. The lowest BCUT2D eigenvalue weighted by atomic mass is 10.1. The van der Waals surface area contributed by atoms with E-state index in [1.807, 2.05) is 30.5 Å². The van der Waals surface area contributed by atoms with Crippen molar-refractivity contribution in [1.29, 1.82) is 0 Å². The van der Waals surface area contributed by atoms with Crippen LogP contribution in [-0.4, -0.2) is 52.6 Å². The number of likely N-dealkylation sites (tertiary alicyclic amines) is 1. The van der Waals surface area contributed by atoms with Gasteiger partial charge in [0.1, 0.15) is 0 Å². The average molecular weight is 479 g/mol. The van der Waals surface area contributed by atoms with Gasteiger partial charge in [-0.15, -0.1) is 11.3 Å². The predicted octanol–water partition coefficient (Wildman–Crippen LogP) is 4.63. The van der Waals surface area contributed by atoms with E-state index in [4.69, 9.17) is 14.5 Å². The minimum absolute atomic E-state index is 0.148. The zero-order valence-electron chi connectivity index (χ0n) is 19.1. The van der Waals surface area contributed by atoms with Crippen LogP contribution in [0.1, 0.15) is 28.9 Å². The second-order valence-electron chi connectivity index (χ2n) is 8.22. The number of carbonyl (C=O) groups excluding carboxylic acids is 1. The number of fused-ring (bicyclic) bond motifs is 1. The third-order valence-electron chi connectivity index (χ3n) is 6.06. The average Bonchev–Trinajstić information content (AvgIpc) is 3.59. The molecule has 9 heteroatoms. The molecule has 5 rings (SSSR count). The van der Waals surface area contributed by atoms with Crippen molar-refractivity contribution in [2.75, 3.05) is 32.6 Å². The molecule has 34 heavy (non-hydrogen) atoms. The van der Waals surface area contributed by atoms with E-state index < -0.39 is 0 Å². The van der Waals surface area contributed by atoms with Crippen molar-refractivity contribution in [3.8, 4) is 28.5 Å². The SMILES string of the molecule is COc1cc(C(=O)Nc2ccccc2-c2cn3c(CN4CCCC4)csc3n2)cc(OC)c1O. The number of imidazole rings is 1. The summed E-state index contributed by atoms with van der Waals surface area (Å²) in [6.45, 7) is 3.19. The van der Waals surface area contributed by atoms with E-state index in [1.54, 1.807) is 11.3 Å². The Kier molecular flexibility index (Phi) is 6.12. The van der Waals surface area contributed by atoms with E-state index in [-0.39, 0.29) is 23.2 Å². The molecule has 1 fully saturated rings. The molecule has 1 aliphatic rings. The number of aromatic hydroxyl groups is 1. The quantitative estimate of drug-likeness (QED) is 0.403. The Labute approximate surface area is 201 Å². The first-order valence-electron chi connectivity index (χ1n) is 11.1. The number of rotatable bonds is 7. The third-order valence-corrected chi connectivity index (χ3v) is 6.95. The van der Waals surface area contributed by atoms with Crippen LogP contribution in [0.4, 0.5) is 5.69 Å². The van der Waals surface area contributed by atoms with Crippen LogP contribution in [0.3, 0.4) is 0 Å². The maximum absolute atomic E-state index is 13.1. The number of phenolic OH excluding ortho intramolecular Hbond substituents is 1. The van der Waals surface area contributed by atoms with E-state index in [0.717, 1.165) is 35.9 Å². The van der Waals surface area contributed by atoms with Gasteiger partial charge >= 0.3 is 0 Å². The summed E-state index contributed by atoms with van der Waals surface area (Å²) in [7, 11) is 2.85. The highest BCUT2D eigenvalue weighted by Crippen LogP contribution is 2.37. The number of hydrogen-bond acceptors (Lipinski definition) is 7. The lowest BCUT2D eigenvalue weighted by Gasteiger charge is -2.13. The van der Waals surface area contributed by atoms with Gasteiger partial charge in [-0.3, -0.25) is 14.1 Å². The van der Waals surface area contributed by atoms with E-state index in [9.17, 15) is 9.90 Å². The Bertz CT molecular complexity index is 1310. The van der Waals surface area contributed by atoms with Crippen molar-refractivity contribution in [1.82, 2.24) is 14.3 Å². The summed E-state index contributed by atoms with van der Waals surface area (Å²) < 4.78 is 12.5. The molecular formula is C25H26N4O4S. The first kappa shape index (κ1) is 22.2. The van der Waals surface area contributed by atoms with Crippen molar-refractivity contribution >= 4 is 27.9 Å². The van der Waals surface area contributed by atoms with Crippen molar-refractivity contribution in [2.24, 2.45) is 0 Å². The number of amides is 1. The second kappa shape index (κ2) is 9.36. The molecule has 0 atom stereocenters. The number of thiazole rings is 1. The Balaban J connectivity index is 1.43. The van der Waals surface area contributed by atoms with Crippen molar-refractivity contribution in [3.05, 3.63) is 59.2 Å². The van der Waals surface area contributed by atoms with Crippen LogP contribution in [0.15, 0.2) is 48.0 Å². The van der Waals surface area contributed by atoms with Crippen LogP contribution in [-0.2, 0) is 6.54 Å². The molecular weight excluding hydrogens is 452 g/mol. The van der Waals surface area contributed by atoms with Gasteiger partial charge in [0.15, 0.2) is 16.5 Å². The minimum Gasteiger partial charge on any atom is -0.502 e. The normalized spacial score (nSPS) is 13.9. The topological polar surface area (TPSA) is 88.3 Å². The smallest absolute Gasteiger partial charge is 0.255 e. The van der Waals surface area contributed by atoms with Gasteiger partial charge in [0.25, 0.3) is 5.91 Å². The van der Waals surface area contributed by atoms with Crippen molar-refractivity contribution in [3.63, 3.8) is 0 Å². The lowest BCUT2D eigenvalue weighted by molar-refractivity contribution is 0.102. The molecule has 2 aromatic heterocycles. The molecule has 1 aliphatic heterocycles. The second-order valence-corrected chi connectivity index (χ2v) is 9.05. The van der Waals surface area contributed by atoms with Crippen LogP contribution in [0.25, 0.3) is 16.2 Å². The highest BCUT2D eigenvalue weighted by atomic mass is 32.1. The largest absolute Gasteiger partial charge is 0.502 e. The third kappa shape index (κ3) is 4.20. The summed E-state index contributed by atoms with van der Waals surface area (Å²) in [6, 6.07) is 10.5. The molecule has 0 spiro atoms. The number of nitrogens with zero attached hydrogens (tertiary/aromatic N) is 3. The van der Waals surface area contributed by atoms with E-state index >= 15 is 0 Å². The maximum atomic E-state index is 13.1. The van der Waals surface area contributed by atoms with Crippen LogP contribution in [0.5, 0.6) is 17.2 Å². The fraction of sp³-hybridized carbons (Fsp3) is 0.280. The zero-order chi connectivity index (χ0) is 23.7. The van der Waals surface area contributed by atoms with E-state index in [2.05, 4.69) is 20.0 Å². The number of aromatic nitrogens is 2. The Morgan fingerprint density at radius 1 is 1.15 bits per heavy atom. The van der Waals surface area contributed by atoms with Crippen molar-refractivity contribution < 1.29 is 19.4 Å². The number of hydrogen-bond donors (Lipinski definition) is 2. The summed E-state index contributed by atoms with van der Waals surface area (Å²) in [5.41, 5.74) is 3.80. The van der Waals surface area contributed by atoms with Crippen LogP contribution in [0, 0.1) is 0 Å². The number of anilines is 1. The molecule has 4 aromatic rings. The van der Waals surface area contributed by atoms with Gasteiger partial charge in [-0.25, -0.2) is 4.98 Å². The number of para-hydroxylation sites is 1. The number of carbonyl (C=O) groups is 1. The molecule has 0 unspecified atom stereocenters. The van der Waals surface area contributed by atoms with Gasteiger partial charge in [-0.2, -0.15) is 0 Å². The predicted molar refractivity (Wildman–Crippen MR) is 132 cm³/mol. The Hall–Kier alpha value is -3.56. The fourth-order valence-corrected chi connectivity index (χ4v) is 5.14. The molecule has 1 amide bonds. The van der Waals surface area contributed by atoms with Crippen LogP contribution >= 0.6 is 11.3 Å². The van der Waals surface area contributed by atoms with Crippen LogP contribution in [0.2, 0.25) is 0 Å². The summed E-state index contributed by atoms with van der Waals surface area (Å²) in [6.07, 6.45) is 4.55. The van der Waals surface area contributed by atoms with Crippen LogP contribution < -0.4 is 14.8 Å². The summed E-state index contributed by atoms with van der Waals surface area (Å²) in [5.74, 6) is -0.167. The molecule has 0 saturated carbocycles. The fourth-order valence-electron chi connectivity index (χ4n) is 4.28.